The molecule has 3 N–H and O–H groups in total. The molecule has 0 spiro atoms. The van der Waals surface area contributed by atoms with Crippen LogP contribution in [0.25, 0.3) is 10.9 Å². The van der Waals surface area contributed by atoms with Gasteiger partial charge in [-0.1, -0.05) is 0 Å². The van der Waals surface area contributed by atoms with E-state index in [0.717, 1.165) is 23.5 Å². The number of piperidine rings is 1. The Hall–Kier alpha value is -3.62. The number of carbonyl (C=O) groups excluding carboxylic acids is 3. The zero-order valence-corrected chi connectivity index (χ0v) is 20.6. The first-order valence-corrected chi connectivity index (χ1v) is 12.6. The van der Waals surface area contributed by atoms with Crippen LogP contribution in [0.4, 0.5) is 17.6 Å². The van der Waals surface area contributed by atoms with E-state index in [0.29, 0.717) is 13.0 Å². The standard InChI is InChI=1S/C26H27F4N5O3/c1-12-5-18(27)16-7-19(34-21(16)20(12)28)25(38)35-11-14-8-26(29,30)9-17(14)22(35)24(37)33-15(10-31)6-13-3-2-4-32-23(13)36/h5,7,13-15,17,22,34H,2-4,6,8-9,11H2,1H3,(H,32,36)(H,33,37)/t13-,14+,15-,17+,22-/m0/s1. The number of nitrogens with one attached hydrogen (secondary N) is 3. The molecule has 2 saturated heterocycles. The highest BCUT2D eigenvalue weighted by atomic mass is 19.3. The summed E-state index contributed by atoms with van der Waals surface area (Å²) in [5, 5.41) is 14.8. The molecule has 5 atom stereocenters. The van der Waals surface area contributed by atoms with Crippen LogP contribution in [0, 0.1) is 47.6 Å². The van der Waals surface area contributed by atoms with Gasteiger partial charge in [-0.3, -0.25) is 14.4 Å². The van der Waals surface area contributed by atoms with Crippen molar-refractivity contribution < 1.29 is 31.9 Å². The summed E-state index contributed by atoms with van der Waals surface area (Å²) >= 11 is 0. The second-order valence-corrected chi connectivity index (χ2v) is 10.6. The number of aromatic amines is 1. The molecule has 202 valence electrons. The maximum Gasteiger partial charge on any atom is 0.271 e. The molecule has 0 unspecified atom stereocenters. The van der Waals surface area contributed by atoms with Gasteiger partial charge in [0.2, 0.25) is 17.7 Å². The van der Waals surface area contributed by atoms with E-state index in [-0.39, 0.29) is 41.0 Å². The number of carbonyl (C=O) groups is 3. The number of hydrogen-bond acceptors (Lipinski definition) is 4. The number of amides is 3. The van der Waals surface area contributed by atoms with E-state index >= 15 is 0 Å². The highest BCUT2D eigenvalue weighted by Gasteiger charge is 2.58. The first kappa shape index (κ1) is 26.0. The van der Waals surface area contributed by atoms with E-state index in [2.05, 4.69) is 15.6 Å². The van der Waals surface area contributed by atoms with Crippen LogP contribution in [0.5, 0.6) is 0 Å². The van der Waals surface area contributed by atoms with Crippen LogP contribution in [0.3, 0.4) is 0 Å². The number of fused-ring (bicyclic) bond motifs is 2. The van der Waals surface area contributed by atoms with Gasteiger partial charge < -0.3 is 20.5 Å². The maximum absolute atomic E-state index is 14.6. The van der Waals surface area contributed by atoms with Gasteiger partial charge in [-0.25, -0.2) is 17.6 Å². The summed E-state index contributed by atoms with van der Waals surface area (Å²) in [6.07, 6.45) is 0.245. The minimum atomic E-state index is -3.00. The van der Waals surface area contributed by atoms with Gasteiger partial charge in [0.05, 0.1) is 11.6 Å². The molecule has 1 aromatic heterocycles. The fourth-order valence-corrected chi connectivity index (χ4v) is 6.20. The molecular weight excluding hydrogens is 506 g/mol. The number of rotatable bonds is 5. The van der Waals surface area contributed by atoms with Gasteiger partial charge in [0, 0.05) is 37.2 Å². The van der Waals surface area contributed by atoms with Crippen molar-refractivity contribution in [2.24, 2.45) is 17.8 Å². The minimum absolute atomic E-state index is 0.0419. The molecule has 3 aliphatic rings. The molecule has 0 radical (unpaired) electrons. The Bertz CT molecular complexity index is 1350. The van der Waals surface area contributed by atoms with Gasteiger partial charge >= 0.3 is 0 Å². The number of alkyl halides is 2. The van der Waals surface area contributed by atoms with Gasteiger partial charge in [-0.15, -0.1) is 0 Å². The van der Waals surface area contributed by atoms with E-state index in [1.165, 1.54) is 6.92 Å². The number of hydrogen-bond donors (Lipinski definition) is 3. The lowest BCUT2D eigenvalue weighted by Crippen LogP contribution is -2.52. The second-order valence-electron chi connectivity index (χ2n) is 10.6. The van der Waals surface area contributed by atoms with Crippen molar-refractivity contribution in [3.05, 3.63) is 35.0 Å². The molecule has 1 aliphatic carbocycles. The number of H-pyrrole nitrogens is 1. The molecule has 3 amide bonds. The number of benzene rings is 1. The van der Waals surface area contributed by atoms with Crippen molar-refractivity contribution in [2.45, 2.75) is 57.0 Å². The number of aryl methyl sites for hydroxylation is 1. The Balaban J connectivity index is 1.41. The zero-order valence-electron chi connectivity index (χ0n) is 20.6. The number of likely N-dealkylation sites (tertiary alicyclic amines) is 1. The molecule has 1 aromatic carbocycles. The van der Waals surface area contributed by atoms with E-state index in [1.54, 1.807) is 0 Å². The van der Waals surface area contributed by atoms with Crippen LogP contribution in [0.1, 0.15) is 48.2 Å². The van der Waals surface area contributed by atoms with Crippen molar-refractivity contribution in [3.8, 4) is 6.07 Å². The average Bonchev–Trinajstić information content (AvgIpc) is 3.53. The first-order valence-electron chi connectivity index (χ1n) is 12.6. The Morgan fingerprint density at radius 1 is 1.29 bits per heavy atom. The Morgan fingerprint density at radius 2 is 2.05 bits per heavy atom. The average molecular weight is 534 g/mol. The second kappa shape index (κ2) is 9.60. The third-order valence-electron chi connectivity index (χ3n) is 8.01. The molecule has 3 heterocycles. The molecule has 2 aliphatic heterocycles. The minimum Gasteiger partial charge on any atom is -0.356 e. The molecule has 2 aromatic rings. The maximum atomic E-state index is 14.6. The van der Waals surface area contributed by atoms with E-state index in [9.17, 15) is 37.2 Å². The molecule has 0 bridgehead atoms. The number of nitriles is 1. The van der Waals surface area contributed by atoms with E-state index in [4.69, 9.17) is 0 Å². The highest BCUT2D eigenvalue weighted by Crippen LogP contribution is 2.50. The monoisotopic (exact) mass is 533 g/mol. The summed E-state index contributed by atoms with van der Waals surface area (Å²) in [5.74, 6) is -8.18. The third-order valence-corrected chi connectivity index (χ3v) is 8.01. The van der Waals surface area contributed by atoms with Crippen LogP contribution in [0.2, 0.25) is 0 Å². The lowest BCUT2D eigenvalue weighted by Gasteiger charge is -2.29. The predicted octanol–water partition coefficient (Wildman–Crippen LogP) is 3.17. The van der Waals surface area contributed by atoms with Gasteiger partial charge in [-0.2, -0.15) is 5.26 Å². The molecule has 3 fully saturated rings. The predicted molar refractivity (Wildman–Crippen MR) is 127 cm³/mol. The third kappa shape index (κ3) is 4.59. The van der Waals surface area contributed by atoms with Crippen LogP contribution in [0.15, 0.2) is 12.1 Å². The lowest BCUT2D eigenvalue weighted by molar-refractivity contribution is -0.129. The fraction of sp³-hybridized carbons (Fsp3) is 0.538. The molecule has 38 heavy (non-hydrogen) atoms. The van der Waals surface area contributed by atoms with Crippen LogP contribution < -0.4 is 10.6 Å². The van der Waals surface area contributed by atoms with E-state index in [1.807, 2.05) is 6.07 Å². The van der Waals surface area contributed by atoms with Crippen molar-refractivity contribution in [2.75, 3.05) is 13.1 Å². The van der Waals surface area contributed by atoms with E-state index < -0.39 is 72.1 Å². The van der Waals surface area contributed by atoms with Crippen LogP contribution >= 0.6 is 0 Å². The summed E-state index contributed by atoms with van der Waals surface area (Å²) < 4.78 is 57.6. The van der Waals surface area contributed by atoms with Gasteiger partial charge in [0.15, 0.2) is 0 Å². The van der Waals surface area contributed by atoms with Crippen molar-refractivity contribution in [1.82, 2.24) is 20.5 Å². The summed E-state index contributed by atoms with van der Waals surface area (Å²) in [5.41, 5.74) is -0.336. The smallest absolute Gasteiger partial charge is 0.271 e. The quantitative estimate of drug-likeness (QED) is 0.512. The summed E-state index contributed by atoms with van der Waals surface area (Å²) in [6, 6.07) is 1.74. The Kier molecular flexibility index (Phi) is 6.57. The number of halogens is 4. The largest absolute Gasteiger partial charge is 0.356 e. The Morgan fingerprint density at radius 3 is 2.76 bits per heavy atom. The Labute approximate surface area is 215 Å². The number of aromatic nitrogens is 1. The number of nitrogens with zero attached hydrogens (tertiary/aromatic N) is 2. The summed E-state index contributed by atoms with van der Waals surface area (Å²) in [7, 11) is 0. The lowest BCUT2D eigenvalue weighted by atomic mass is 9.90. The molecular formula is C26H27F4N5O3. The van der Waals surface area contributed by atoms with Gasteiger partial charge in [0.25, 0.3) is 5.91 Å². The first-order chi connectivity index (χ1) is 18.0. The normalized spacial score (nSPS) is 27.1. The summed E-state index contributed by atoms with van der Waals surface area (Å²) in [6.45, 7) is 1.78. The molecule has 5 rings (SSSR count). The van der Waals surface area contributed by atoms with Crippen molar-refractivity contribution >= 4 is 28.6 Å². The molecule has 12 heteroatoms. The van der Waals surface area contributed by atoms with Gasteiger partial charge in [0.1, 0.15) is 29.4 Å². The van der Waals surface area contributed by atoms with Crippen molar-refractivity contribution in [1.29, 1.82) is 5.26 Å². The topological polar surface area (TPSA) is 118 Å². The van der Waals surface area contributed by atoms with Crippen LogP contribution in [-0.2, 0) is 9.59 Å². The van der Waals surface area contributed by atoms with Crippen molar-refractivity contribution in [3.63, 3.8) is 0 Å². The van der Waals surface area contributed by atoms with Crippen LogP contribution in [-0.4, -0.2) is 58.7 Å². The molecule has 8 nitrogen and oxygen atoms in total. The highest BCUT2D eigenvalue weighted by molar-refractivity contribution is 6.01. The fourth-order valence-electron chi connectivity index (χ4n) is 6.20. The molecule has 1 saturated carbocycles. The summed E-state index contributed by atoms with van der Waals surface area (Å²) in [4.78, 5) is 42.8. The SMILES string of the molecule is Cc1cc(F)c2cc(C(=O)N3C[C@H]4CC(F)(F)C[C@H]4[C@H]3C(=O)N[C@H](C#N)C[C@@H]3CCCNC3=O)[nH]c2c1F. The zero-order chi connectivity index (χ0) is 27.4. The van der Waals surface area contributed by atoms with Gasteiger partial charge in [-0.05, 0) is 55.7 Å².